The average Bonchev–Trinajstić information content (AvgIpc) is 2.58. The number of oxime groups is 1. The maximum absolute atomic E-state index is 5.39. The van der Waals surface area contributed by atoms with Gasteiger partial charge in [-0.25, -0.2) is 0 Å². The van der Waals surface area contributed by atoms with E-state index < -0.39 is 0 Å². The molecule has 2 atom stereocenters. The highest BCUT2D eigenvalue weighted by Gasteiger charge is 2.57. The summed E-state index contributed by atoms with van der Waals surface area (Å²) in [7, 11) is 0. The van der Waals surface area contributed by atoms with Crippen molar-refractivity contribution in [1.29, 1.82) is 0 Å². The Bertz CT molecular complexity index is 197. The first-order valence-corrected chi connectivity index (χ1v) is 5.57. The first-order chi connectivity index (χ1) is 6.37. The highest BCUT2D eigenvalue weighted by Crippen LogP contribution is 2.53. The monoisotopic (exact) mass is 217 g/mol. The topological polar surface area (TPSA) is 21.6 Å². The number of halogens is 1. The van der Waals surface area contributed by atoms with Crippen molar-refractivity contribution in [2.24, 2.45) is 11.1 Å². The third kappa shape index (κ3) is 2.41. The lowest BCUT2D eigenvalue weighted by molar-refractivity contribution is 0.0501. The Kier molecular flexibility index (Phi) is 4.24. The summed E-state index contributed by atoms with van der Waals surface area (Å²) < 4.78 is 0. The van der Waals surface area contributed by atoms with E-state index in [1.54, 1.807) is 0 Å². The van der Waals surface area contributed by atoms with Crippen LogP contribution in [0, 0.1) is 5.92 Å². The van der Waals surface area contributed by atoms with Crippen LogP contribution >= 0.6 is 12.4 Å². The van der Waals surface area contributed by atoms with Gasteiger partial charge >= 0.3 is 0 Å². The van der Waals surface area contributed by atoms with E-state index in [4.69, 9.17) is 4.84 Å². The number of hydrogen-bond acceptors (Lipinski definition) is 2. The normalized spacial score (nSPS) is 32.8. The fourth-order valence-corrected chi connectivity index (χ4v) is 2.27. The van der Waals surface area contributed by atoms with Crippen LogP contribution in [0.3, 0.4) is 0 Å². The molecule has 0 N–H and O–H groups in total. The summed E-state index contributed by atoms with van der Waals surface area (Å²) in [6, 6.07) is 0. The average molecular weight is 218 g/mol. The lowest BCUT2D eigenvalue weighted by Gasteiger charge is -2.06. The van der Waals surface area contributed by atoms with E-state index in [9.17, 15) is 0 Å². The smallest absolute Gasteiger partial charge is 0.146 e. The Balaban J connectivity index is 0.000000980. The van der Waals surface area contributed by atoms with Gasteiger partial charge in [0.25, 0.3) is 0 Å². The third-order valence-electron chi connectivity index (χ3n) is 3.33. The Labute approximate surface area is 92.5 Å². The van der Waals surface area contributed by atoms with Crippen LogP contribution in [-0.4, -0.2) is 11.8 Å². The summed E-state index contributed by atoms with van der Waals surface area (Å²) in [5.41, 5.74) is 0.187. The van der Waals surface area contributed by atoms with Crippen molar-refractivity contribution in [3.8, 4) is 0 Å². The molecule has 0 aromatic rings. The summed E-state index contributed by atoms with van der Waals surface area (Å²) in [5.74, 6) is 0.812. The first-order valence-electron chi connectivity index (χ1n) is 5.57. The Morgan fingerprint density at radius 2 is 2.29 bits per heavy atom. The molecule has 14 heavy (non-hydrogen) atoms. The van der Waals surface area contributed by atoms with Crippen LogP contribution in [0.1, 0.15) is 51.9 Å². The molecule has 2 unspecified atom stereocenters. The second-order valence-electron chi connectivity index (χ2n) is 4.40. The van der Waals surface area contributed by atoms with Gasteiger partial charge in [-0.15, -0.1) is 12.4 Å². The molecule has 0 aromatic heterocycles. The standard InChI is InChI=1S/C11H19NO.ClH/c1-2-3-4-5-6-10-9-11(10)7-8-12-13-11;/h8,10H,2-7,9H2,1H3;1H. The molecule has 3 heteroatoms. The van der Waals surface area contributed by atoms with Crippen LogP contribution in [0.25, 0.3) is 0 Å². The van der Waals surface area contributed by atoms with Gasteiger partial charge in [-0.1, -0.05) is 37.8 Å². The molecule has 2 rings (SSSR count). The summed E-state index contributed by atoms with van der Waals surface area (Å²) in [6.45, 7) is 2.26. The molecule has 1 saturated carbocycles. The minimum absolute atomic E-state index is 0. The van der Waals surface area contributed by atoms with Crippen molar-refractivity contribution in [2.75, 3.05) is 0 Å². The van der Waals surface area contributed by atoms with Crippen molar-refractivity contribution in [1.82, 2.24) is 0 Å². The minimum atomic E-state index is 0. The van der Waals surface area contributed by atoms with Crippen LogP contribution < -0.4 is 0 Å². The molecule has 0 amide bonds. The van der Waals surface area contributed by atoms with Gasteiger partial charge in [-0.2, -0.15) is 0 Å². The molecular formula is C11H20ClNO. The summed E-state index contributed by atoms with van der Waals surface area (Å²) in [5, 5.41) is 3.87. The second-order valence-corrected chi connectivity index (χ2v) is 4.40. The van der Waals surface area contributed by atoms with E-state index in [0.717, 1.165) is 12.3 Å². The zero-order chi connectivity index (χ0) is 9.15. The molecule has 0 bridgehead atoms. The van der Waals surface area contributed by atoms with Crippen molar-refractivity contribution >= 4 is 18.6 Å². The third-order valence-corrected chi connectivity index (χ3v) is 3.33. The van der Waals surface area contributed by atoms with Gasteiger partial charge in [0.1, 0.15) is 5.60 Å². The quantitative estimate of drug-likeness (QED) is 0.646. The van der Waals surface area contributed by atoms with E-state index >= 15 is 0 Å². The Morgan fingerprint density at radius 3 is 2.93 bits per heavy atom. The number of hydrogen-bond donors (Lipinski definition) is 0. The molecule has 1 fully saturated rings. The highest BCUT2D eigenvalue weighted by atomic mass is 35.5. The first kappa shape index (κ1) is 11.8. The van der Waals surface area contributed by atoms with Gasteiger partial charge in [0.15, 0.2) is 0 Å². The Morgan fingerprint density at radius 1 is 1.43 bits per heavy atom. The minimum Gasteiger partial charge on any atom is -0.389 e. The van der Waals surface area contributed by atoms with Gasteiger partial charge in [0, 0.05) is 18.6 Å². The fraction of sp³-hybridized carbons (Fsp3) is 0.909. The molecule has 82 valence electrons. The zero-order valence-corrected chi connectivity index (χ0v) is 9.68. The van der Waals surface area contributed by atoms with E-state index in [1.807, 2.05) is 6.21 Å². The predicted octanol–water partition coefficient (Wildman–Crippen LogP) is 3.54. The maximum atomic E-state index is 5.39. The predicted molar refractivity (Wildman–Crippen MR) is 61.0 cm³/mol. The molecule has 1 heterocycles. The van der Waals surface area contributed by atoms with Crippen molar-refractivity contribution in [3.63, 3.8) is 0 Å². The number of nitrogens with zero attached hydrogens (tertiary/aromatic N) is 1. The number of unbranched alkanes of at least 4 members (excludes halogenated alkanes) is 3. The molecule has 0 aromatic carbocycles. The lowest BCUT2D eigenvalue weighted by Crippen LogP contribution is -2.09. The van der Waals surface area contributed by atoms with Crippen LogP contribution in [0.15, 0.2) is 5.16 Å². The van der Waals surface area contributed by atoms with Crippen LogP contribution in [-0.2, 0) is 4.84 Å². The maximum Gasteiger partial charge on any atom is 0.146 e. The summed E-state index contributed by atoms with van der Waals surface area (Å²) >= 11 is 0. The second kappa shape index (κ2) is 5.01. The van der Waals surface area contributed by atoms with Crippen LogP contribution in [0.2, 0.25) is 0 Å². The highest BCUT2D eigenvalue weighted by molar-refractivity contribution is 5.85. The Hall–Kier alpha value is -0.240. The molecule has 1 aliphatic carbocycles. The van der Waals surface area contributed by atoms with Gasteiger partial charge in [0.2, 0.25) is 0 Å². The summed E-state index contributed by atoms with van der Waals surface area (Å²) in [6.07, 6.45) is 11.1. The molecule has 1 aliphatic heterocycles. The molecule has 0 radical (unpaired) electrons. The van der Waals surface area contributed by atoms with Gasteiger partial charge < -0.3 is 4.84 Å². The van der Waals surface area contributed by atoms with Gasteiger partial charge in [-0.05, 0) is 12.8 Å². The van der Waals surface area contributed by atoms with Crippen molar-refractivity contribution in [3.05, 3.63) is 0 Å². The van der Waals surface area contributed by atoms with Crippen molar-refractivity contribution < 1.29 is 4.84 Å². The fourth-order valence-electron chi connectivity index (χ4n) is 2.27. The SMILES string of the molecule is CCCCCCC1CC12CC=NO2.Cl. The van der Waals surface area contributed by atoms with E-state index in [-0.39, 0.29) is 18.0 Å². The number of rotatable bonds is 5. The molecule has 0 saturated heterocycles. The van der Waals surface area contributed by atoms with E-state index in [1.165, 1.54) is 38.5 Å². The molecule has 2 aliphatic rings. The van der Waals surface area contributed by atoms with E-state index in [2.05, 4.69) is 12.1 Å². The molecular weight excluding hydrogens is 198 g/mol. The summed E-state index contributed by atoms with van der Waals surface area (Å²) in [4.78, 5) is 5.39. The molecule has 2 nitrogen and oxygen atoms in total. The zero-order valence-electron chi connectivity index (χ0n) is 8.87. The van der Waals surface area contributed by atoms with Crippen molar-refractivity contribution in [2.45, 2.75) is 57.5 Å². The van der Waals surface area contributed by atoms with Gasteiger partial charge in [0.05, 0.1) is 0 Å². The van der Waals surface area contributed by atoms with Crippen LogP contribution in [0.4, 0.5) is 0 Å². The van der Waals surface area contributed by atoms with Gasteiger partial charge in [-0.3, -0.25) is 0 Å². The van der Waals surface area contributed by atoms with E-state index in [0.29, 0.717) is 0 Å². The molecule has 1 spiro atoms. The lowest BCUT2D eigenvalue weighted by atomic mass is 10.1. The largest absolute Gasteiger partial charge is 0.389 e. The van der Waals surface area contributed by atoms with Crippen LogP contribution in [0.5, 0.6) is 0 Å².